The Bertz CT molecular complexity index is 268. The lowest BCUT2D eigenvalue weighted by Crippen LogP contribution is -2.38. The zero-order chi connectivity index (χ0) is 11.8. The number of rotatable bonds is 7. The zero-order valence-electron chi connectivity index (χ0n) is 10.6. The predicted octanol–water partition coefficient (Wildman–Crippen LogP) is 1.90. The summed E-state index contributed by atoms with van der Waals surface area (Å²) in [5.74, 6) is 0. The van der Waals surface area contributed by atoms with Gasteiger partial charge in [-0.3, -0.25) is 9.88 Å². The van der Waals surface area contributed by atoms with E-state index >= 15 is 0 Å². The highest BCUT2D eigenvalue weighted by Gasteiger charge is 2.13. The summed E-state index contributed by atoms with van der Waals surface area (Å²) >= 11 is 0. The van der Waals surface area contributed by atoms with E-state index < -0.39 is 0 Å². The van der Waals surface area contributed by atoms with Crippen LogP contribution in [0.3, 0.4) is 0 Å². The molecule has 0 amide bonds. The van der Waals surface area contributed by atoms with Crippen molar-refractivity contribution < 1.29 is 0 Å². The smallest absolute Gasteiger partial charge is 0.0543 e. The van der Waals surface area contributed by atoms with Crippen LogP contribution < -0.4 is 5.32 Å². The number of aromatic nitrogens is 1. The molecule has 0 bridgehead atoms. The monoisotopic (exact) mass is 221 g/mol. The topological polar surface area (TPSA) is 28.2 Å². The molecule has 1 rings (SSSR count). The fraction of sp³-hybridized carbons (Fsp3) is 0.615. The maximum Gasteiger partial charge on any atom is 0.0543 e. The zero-order valence-corrected chi connectivity index (χ0v) is 10.6. The van der Waals surface area contributed by atoms with Crippen LogP contribution in [0, 0.1) is 0 Å². The first kappa shape index (κ1) is 13.1. The van der Waals surface area contributed by atoms with Crippen molar-refractivity contribution in [3.8, 4) is 0 Å². The summed E-state index contributed by atoms with van der Waals surface area (Å²) in [5.41, 5.74) is 1.14. The highest BCUT2D eigenvalue weighted by Crippen LogP contribution is 2.08. The molecule has 0 saturated heterocycles. The van der Waals surface area contributed by atoms with Gasteiger partial charge in [0.15, 0.2) is 0 Å². The van der Waals surface area contributed by atoms with E-state index in [9.17, 15) is 0 Å². The molecule has 0 aliphatic rings. The molecular formula is C13H23N3. The average Bonchev–Trinajstić information content (AvgIpc) is 2.30. The van der Waals surface area contributed by atoms with Gasteiger partial charge in [-0.05, 0) is 32.6 Å². The second-order valence-electron chi connectivity index (χ2n) is 4.24. The Morgan fingerprint density at radius 3 is 2.81 bits per heavy atom. The van der Waals surface area contributed by atoms with Crippen molar-refractivity contribution in [1.82, 2.24) is 15.2 Å². The molecule has 1 aromatic heterocycles. The molecule has 3 heteroatoms. The molecule has 1 aromatic rings. The number of hydrogen-bond donors (Lipinski definition) is 1. The van der Waals surface area contributed by atoms with Crippen molar-refractivity contribution >= 4 is 0 Å². The molecule has 0 spiro atoms. The Balaban J connectivity index is 2.51. The minimum absolute atomic E-state index is 0.594. The van der Waals surface area contributed by atoms with Crippen molar-refractivity contribution in [2.24, 2.45) is 0 Å². The minimum Gasteiger partial charge on any atom is -0.318 e. The molecule has 1 heterocycles. The molecular weight excluding hydrogens is 198 g/mol. The van der Waals surface area contributed by atoms with Crippen LogP contribution in [0.2, 0.25) is 0 Å². The lowest BCUT2D eigenvalue weighted by molar-refractivity contribution is 0.215. The number of likely N-dealkylation sites (N-methyl/N-ethyl adjacent to an activating group) is 2. The van der Waals surface area contributed by atoms with Gasteiger partial charge in [-0.25, -0.2) is 0 Å². The number of nitrogens with zero attached hydrogens (tertiary/aromatic N) is 2. The second-order valence-corrected chi connectivity index (χ2v) is 4.24. The summed E-state index contributed by atoms with van der Waals surface area (Å²) in [6.07, 6.45) is 4.30. The summed E-state index contributed by atoms with van der Waals surface area (Å²) in [6, 6.07) is 6.68. The lowest BCUT2D eigenvalue weighted by Gasteiger charge is -2.27. The number of pyridine rings is 1. The van der Waals surface area contributed by atoms with Crippen molar-refractivity contribution in [3.63, 3.8) is 0 Å². The maximum absolute atomic E-state index is 4.36. The molecule has 0 radical (unpaired) electrons. The van der Waals surface area contributed by atoms with Crippen LogP contribution in [0.1, 0.15) is 25.5 Å². The van der Waals surface area contributed by atoms with Gasteiger partial charge in [0, 0.05) is 25.3 Å². The van der Waals surface area contributed by atoms with Gasteiger partial charge in [-0.2, -0.15) is 0 Å². The molecule has 1 N–H and O–H groups in total. The van der Waals surface area contributed by atoms with E-state index in [0.717, 1.165) is 18.8 Å². The van der Waals surface area contributed by atoms with E-state index in [4.69, 9.17) is 0 Å². The molecule has 0 aliphatic carbocycles. The molecule has 1 unspecified atom stereocenters. The van der Waals surface area contributed by atoms with E-state index in [2.05, 4.69) is 35.2 Å². The summed E-state index contributed by atoms with van der Waals surface area (Å²) in [5, 5.41) is 3.26. The summed E-state index contributed by atoms with van der Waals surface area (Å²) in [6.45, 7) is 4.20. The van der Waals surface area contributed by atoms with E-state index in [0.29, 0.717) is 6.04 Å². The lowest BCUT2D eigenvalue weighted by atomic mass is 10.1. The van der Waals surface area contributed by atoms with E-state index in [1.807, 2.05) is 25.4 Å². The number of hydrogen-bond acceptors (Lipinski definition) is 3. The Labute approximate surface area is 98.9 Å². The Morgan fingerprint density at radius 1 is 1.44 bits per heavy atom. The summed E-state index contributed by atoms with van der Waals surface area (Å²) in [4.78, 5) is 6.74. The van der Waals surface area contributed by atoms with Gasteiger partial charge < -0.3 is 5.32 Å². The Kier molecular flexibility index (Phi) is 6.04. The minimum atomic E-state index is 0.594. The SMILES string of the molecule is CCCC(CNC)N(C)Cc1ccccn1. The first-order chi connectivity index (χ1) is 7.77. The van der Waals surface area contributed by atoms with E-state index in [1.165, 1.54) is 12.8 Å². The van der Waals surface area contributed by atoms with Gasteiger partial charge in [0.25, 0.3) is 0 Å². The fourth-order valence-corrected chi connectivity index (χ4v) is 1.92. The van der Waals surface area contributed by atoms with Gasteiger partial charge in [0.1, 0.15) is 0 Å². The fourth-order valence-electron chi connectivity index (χ4n) is 1.92. The Morgan fingerprint density at radius 2 is 2.25 bits per heavy atom. The average molecular weight is 221 g/mol. The highest BCUT2D eigenvalue weighted by atomic mass is 15.1. The molecule has 0 aliphatic heterocycles. The van der Waals surface area contributed by atoms with Crippen LogP contribution in [0.5, 0.6) is 0 Å². The van der Waals surface area contributed by atoms with Gasteiger partial charge in [-0.1, -0.05) is 19.4 Å². The van der Waals surface area contributed by atoms with Crippen molar-refractivity contribution in [1.29, 1.82) is 0 Å². The van der Waals surface area contributed by atoms with Crippen molar-refractivity contribution in [2.75, 3.05) is 20.6 Å². The number of nitrogens with one attached hydrogen (secondary N) is 1. The van der Waals surface area contributed by atoms with Gasteiger partial charge >= 0.3 is 0 Å². The quantitative estimate of drug-likeness (QED) is 0.762. The third-order valence-electron chi connectivity index (χ3n) is 2.82. The van der Waals surface area contributed by atoms with Gasteiger partial charge in [0.05, 0.1) is 5.69 Å². The first-order valence-electron chi connectivity index (χ1n) is 6.02. The molecule has 90 valence electrons. The standard InChI is InChI=1S/C13H23N3/c1-4-7-13(10-14-2)16(3)11-12-8-5-6-9-15-12/h5-6,8-9,13-14H,4,7,10-11H2,1-3H3. The molecule has 0 aromatic carbocycles. The van der Waals surface area contributed by atoms with Gasteiger partial charge in [-0.15, -0.1) is 0 Å². The van der Waals surface area contributed by atoms with Crippen molar-refractivity contribution in [3.05, 3.63) is 30.1 Å². The van der Waals surface area contributed by atoms with E-state index in [1.54, 1.807) is 0 Å². The molecule has 3 nitrogen and oxygen atoms in total. The van der Waals surface area contributed by atoms with Crippen LogP contribution in [0.15, 0.2) is 24.4 Å². The maximum atomic E-state index is 4.36. The van der Waals surface area contributed by atoms with Gasteiger partial charge in [0.2, 0.25) is 0 Å². The molecule has 16 heavy (non-hydrogen) atoms. The highest BCUT2D eigenvalue weighted by molar-refractivity contribution is 5.03. The van der Waals surface area contributed by atoms with Crippen molar-refractivity contribution in [2.45, 2.75) is 32.4 Å². The molecule has 0 fully saturated rings. The first-order valence-corrected chi connectivity index (χ1v) is 6.02. The van der Waals surface area contributed by atoms with Crippen LogP contribution in [-0.2, 0) is 6.54 Å². The molecule has 1 atom stereocenters. The van der Waals surface area contributed by atoms with Crippen LogP contribution in [0.25, 0.3) is 0 Å². The van der Waals surface area contributed by atoms with Crippen LogP contribution in [0.4, 0.5) is 0 Å². The summed E-state index contributed by atoms with van der Waals surface area (Å²) in [7, 11) is 4.18. The predicted molar refractivity (Wildman–Crippen MR) is 68.3 cm³/mol. The normalized spacial score (nSPS) is 13.0. The van der Waals surface area contributed by atoms with Crippen LogP contribution >= 0.6 is 0 Å². The molecule has 0 saturated carbocycles. The second kappa shape index (κ2) is 7.36. The van der Waals surface area contributed by atoms with Crippen LogP contribution in [-0.4, -0.2) is 36.6 Å². The third kappa shape index (κ3) is 4.29. The summed E-state index contributed by atoms with van der Waals surface area (Å²) < 4.78 is 0. The Hall–Kier alpha value is -0.930. The largest absolute Gasteiger partial charge is 0.318 e. The third-order valence-corrected chi connectivity index (χ3v) is 2.82. The van der Waals surface area contributed by atoms with E-state index in [-0.39, 0.29) is 0 Å².